The summed E-state index contributed by atoms with van der Waals surface area (Å²) < 4.78 is 0. The standard InChI is InChI=1S/C18H19N3O/c22-18(14-9-8-12-4-1-2-5-13(12)10-14)21-17-15-6-3-7-16(15)19-11-20-17/h8-11H,1-7H2,(H,19,20,21,22). The van der Waals surface area contributed by atoms with E-state index in [1.54, 1.807) is 6.33 Å². The van der Waals surface area contributed by atoms with Gasteiger partial charge in [-0.15, -0.1) is 0 Å². The lowest BCUT2D eigenvalue weighted by Gasteiger charge is -2.16. The number of nitrogens with one attached hydrogen (secondary N) is 1. The van der Waals surface area contributed by atoms with Gasteiger partial charge in [0.05, 0.1) is 0 Å². The van der Waals surface area contributed by atoms with Gasteiger partial charge in [0.15, 0.2) is 0 Å². The molecule has 0 radical (unpaired) electrons. The molecule has 1 heterocycles. The number of benzene rings is 1. The number of nitrogens with zero attached hydrogens (tertiary/aromatic N) is 2. The summed E-state index contributed by atoms with van der Waals surface area (Å²) in [4.78, 5) is 21.1. The molecule has 1 aromatic heterocycles. The highest BCUT2D eigenvalue weighted by Gasteiger charge is 2.19. The molecule has 0 fully saturated rings. The summed E-state index contributed by atoms with van der Waals surface area (Å²) in [7, 11) is 0. The van der Waals surface area contributed by atoms with Gasteiger partial charge in [-0.25, -0.2) is 9.97 Å². The van der Waals surface area contributed by atoms with Gasteiger partial charge in [0.25, 0.3) is 5.91 Å². The average Bonchev–Trinajstić information content (AvgIpc) is 3.04. The Kier molecular flexibility index (Phi) is 3.37. The van der Waals surface area contributed by atoms with Crippen LogP contribution in [0.4, 0.5) is 5.82 Å². The van der Waals surface area contributed by atoms with Crippen LogP contribution in [0.15, 0.2) is 24.5 Å². The fraction of sp³-hybridized carbons (Fsp3) is 0.389. The van der Waals surface area contributed by atoms with Crippen molar-refractivity contribution in [1.29, 1.82) is 0 Å². The maximum atomic E-state index is 12.5. The molecule has 4 rings (SSSR count). The first-order valence-electron chi connectivity index (χ1n) is 8.07. The summed E-state index contributed by atoms with van der Waals surface area (Å²) in [5.41, 5.74) is 5.63. The fourth-order valence-electron chi connectivity index (χ4n) is 3.52. The molecule has 1 aromatic carbocycles. The number of aryl methyl sites for hydroxylation is 3. The first-order chi connectivity index (χ1) is 10.8. The molecular weight excluding hydrogens is 274 g/mol. The van der Waals surface area contributed by atoms with E-state index >= 15 is 0 Å². The normalized spacial score (nSPS) is 16.0. The Morgan fingerprint density at radius 2 is 1.82 bits per heavy atom. The Bertz CT molecular complexity index is 739. The maximum Gasteiger partial charge on any atom is 0.256 e. The molecule has 0 spiro atoms. The van der Waals surface area contributed by atoms with Crippen LogP contribution in [-0.4, -0.2) is 15.9 Å². The zero-order valence-electron chi connectivity index (χ0n) is 12.6. The monoisotopic (exact) mass is 293 g/mol. The van der Waals surface area contributed by atoms with Gasteiger partial charge < -0.3 is 5.32 Å². The van der Waals surface area contributed by atoms with Gasteiger partial charge in [-0.05, 0) is 68.2 Å². The molecule has 112 valence electrons. The number of hydrogen-bond acceptors (Lipinski definition) is 3. The molecule has 0 bridgehead atoms. The van der Waals surface area contributed by atoms with E-state index in [0.29, 0.717) is 5.82 Å². The van der Waals surface area contributed by atoms with Gasteiger partial charge in [0.2, 0.25) is 0 Å². The van der Waals surface area contributed by atoms with Crippen LogP contribution in [0.2, 0.25) is 0 Å². The smallest absolute Gasteiger partial charge is 0.256 e. The van der Waals surface area contributed by atoms with Gasteiger partial charge in [-0.2, -0.15) is 0 Å². The van der Waals surface area contributed by atoms with Crippen LogP contribution < -0.4 is 5.32 Å². The van der Waals surface area contributed by atoms with Gasteiger partial charge in [-0.3, -0.25) is 4.79 Å². The van der Waals surface area contributed by atoms with Crippen LogP contribution in [0.3, 0.4) is 0 Å². The average molecular weight is 293 g/mol. The number of rotatable bonds is 2. The quantitative estimate of drug-likeness (QED) is 0.925. The van der Waals surface area contributed by atoms with Crippen LogP contribution in [-0.2, 0) is 25.7 Å². The maximum absolute atomic E-state index is 12.5. The number of hydrogen-bond donors (Lipinski definition) is 1. The van der Waals surface area contributed by atoms with Crippen molar-refractivity contribution in [2.45, 2.75) is 44.9 Å². The van der Waals surface area contributed by atoms with Crippen LogP contribution in [0.1, 0.15) is 52.0 Å². The second-order valence-electron chi connectivity index (χ2n) is 6.15. The van der Waals surface area contributed by atoms with Crippen molar-refractivity contribution < 1.29 is 4.79 Å². The van der Waals surface area contributed by atoms with E-state index in [2.05, 4.69) is 21.4 Å². The zero-order valence-corrected chi connectivity index (χ0v) is 12.6. The topological polar surface area (TPSA) is 54.9 Å². The molecule has 0 saturated heterocycles. The minimum atomic E-state index is -0.0684. The predicted molar refractivity (Wildman–Crippen MR) is 85.1 cm³/mol. The van der Waals surface area contributed by atoms with E-state index in [0.717, 1.165) is 48.9 Å². The van der Waals surface area contributed by atoms with Crippen molar-refractivity contribution in [1.82, 2.24) is 9.97 Å². The number of amides is 1. The highest BCUT2D eigenvalue weighted by molar-refractivity contribution is 6.04. The summed E-state index contributed by atoms with van der Waals surface area (Å²) in [5, 5.41) is 2.98. The lowest BCUT2D eigenvalue weighted by atomic mass is 9.90. The predicted octanol–water partition coefficient (Wildman–Crippen LogP) is 3.10. The third-order valence-electron chi connectivity index (χ3n) is 4.72. The molecule has 2 aliphatic rings. The van der Waals surface area contributed by atoms with Crippen molar-refractivity contribution in [2.75, 3.05) is 5.32 Å². The van der Waals surface area contributed by atoms with E-state index in [1.807, 2.05) is 12.1 Å². The van der Waals surface area contributed by atoms with E-state index in [9.17, 15) is 4.79 Å². The second kappa shape index (κ2) is 5.52. The highest BCUT2D eigenvalue weighted by atomic mass is 16.1. The lowest BCUT2D eigenvalue weighted by Crippen LogP contribution is -2.16. The van der Waals surface area contributed by atoms with Gasteiger partial charge in [0.1, 0.15) is 12.1 Å². The van der Waals surface area contributed by atoms with E-state index in [4.69, 9.17) is 0 Å². The van der Waals surface area contributed by atoms with Crippen molar-refractivity contribution in [2.24, 2.45) is 0 Å². The van der Waals surface area contributed by atoms with Crippen LogP contribution in [0, 0.1) is 0 Å². The summed E-state index contributed by atoms with van der Waals surface area (Å²) in [5.74, 6) is 0.617. The molecule has 0 aliphatic heterocycles. The first kappa shape index (κ1) is 13.4. The lowest BCUT2D eigenvalue weighted by molar-refractivity contribution is 0.102. The van der Waals surface area contributed by atoms with Crippen LogP contribution in [0.25, 0.3) is 0 Å². The number of aromatic nitrogens is 2. The summed E-state index contributed by atoms with van der Waals surface area (Å²) in [6.07, 6.45) is 9.27. The summed E-state index contributed by atoms with van der Waals surface area (Å²) in [6.45, 7) is 0. The molecule has 0 atom stereocenters. The Labute approximate surface area is 130 Å². The number of anilines is 1. The molecule has 4 nitrogen and oxygen atoms in total. The van der Waals surface area contributed by atoms with Gasteiger partial charge >= 0.3 is 0 Å². The third-order valence-corrected chi connectivity index (χ3v) is 4.72. The SMILES string of the molecule is O=C(Nc1ncnc2c1CCC2)c1ccc2c(c1)CCCC2. The summed E-state index contributed by atoms with van der Waals surface area (Å²) in [6, 6.07) is 6.08. The van der Waals surface area contributed by atoms with Crippen molar-refractivity contribution in [3.8, 4) is 0 Å². The van der Waals surface area contributed by atoms with Gasteiger partial charge in [0, 0.05) is 16.8 Å². The fourth-order valence-corrected chi connectivity index (χ4v) is 3.52. The molecule has 2 aromatic rings. The summed E-state index contributed by atoms with van der Waals surface area (Å²) >= 11 is 0. The third kappa shape index (κ3) is 2.39. The van der Waals surface area contributed by atoms with E-state index in [1.165, 1.54) is 24.0 Å². The van der Waals surface area contributed by atoms with Crippen LogP contribution in [0.5, 0.6) is 0 Å². The molecule has 0 saturated carbocycles. The minimum Gasteiger partial charge on any atom is -0.306 e. The van der Waals surface area contributed by atoms with E-state index in [-0.39, 0.29) is 5.91 Å². The number of fused-ring (bicyclic) bond motifs is 2. The Balaban J connectivity index is 1.59. The second-order valence-corrected chi connectivity index (χ2v) is 6.15. The largest absolute Gasteiger partial charge is 0.306 e. The Hall–Kier alpha value is -2.23. The van der Waals surface area contributed by atoms with Crippen molar-refractivity contribution in [3.63, 3.8) is 0 Å². The molecule has 1 amide bonds. The van der Waals surface area contributed by atoms with E-state index < -0.39 is 0 Å². The molecule has 0 unspecified atom stereocenters. The molecular formula is C18H19N3O. The Morgan fingerprint density at radius 3 is 2.73 bits per heavy atom. The molecule has 4 heteroatoms. The number of carbonyl (C=O) groups is 1. The zero-order chi connectivity index (χ0) is 14.9. The molecule has 2 aliphatic carbocycles. The van der Waals surface area contributed by atoms with Gasteiger partial charge in [-0.1, -0.05) is 6.07 Å². The number of carbonyl (C=O) groups excluding carboxylic acids is 1. The highest BCUT2D eigenvalue weighted by Crippen LogP contribution is 2.26. The van der Waals surface area contributed by atoms with Crippen molar-refractivity contribution in [3.05, 3.63) is 52.5 Å². The van der Waals surface area contributed by atoms with Crippen molar-refractivity contribution >= 4 is 11.7 Å². The van der Waals surface area contributed by atoms with Crippen LogP contribution >= 0.6 is 0 Å². The molecule has 22 heavy (non-hydrogen) atoms. The molecule has 1 N–H and O–H groups in total. The minimum absolute atomic E-state index is 0.0684. The Morgan fingerprint density at radius 1 is 0.955 bits per heavy atom. The first-order valence-corrected chi connectivity index (χ1v) is 8.07.